The van der Waals surface area contributed by atoms with Gasteiger partial charge in [-0.3, -0.25) is 4.90 Å². The zero-order valence-electron chi connectivity index (χ0n) is 11.7. The van der Waals surface area contributed by atoms with Gasteiger partial charge in [0, 0.05) is 6.54 Å². The Hall–Kier alpha value is -1.17. The number of hydrogen-bond donors (Lipinski definition) is 1. The Morgan fingerprint density at radius 2 is 1.90 bits per heavy atom. The van der Waals surface area contributed by atoms with E-state index in [4.69, 9.17) is 11.6 Å². The lowest BCUT2D eigenvalue weighted by molar-refractivity contribution is 0.228. The van der Waals surface area contributed by atoms with Gasteiger partial charge in [0.25, 0.3) is 0 Å². The van der Waals surface area contributed by atoms with Crippen molar-refractivity contribution < 1.29 is 0 Å². The summed E-state index contributed by atoms with van der Waals surface area (Å²) < 4.78 is 8.13. The molecular weight excluding hydrogens is 292 g/mol. The molecular formula is C14H19ClN4S. The minimum Gasteiger partial charge on any atom is -0.365 e. The number of likely N-dealkylation sites (N-methyl/N-ethyl adjacent to an activating group) is 1. The minimum atomic E-state index is 0.295. The van der Waals surface area contributed by atoms with E-state index in [1.807, 2.05) is 6.07 Å². The van der Waals surface area contributed by atoms with Crippen molar-refractivity contribution in [3.05, 3.63) is 41.0 Å². The number of halogens is 1. The molecule has 0 fully saturated rings. The van der Waals surface area contributed by atoms with E-state index in [0.29, 0.717) is 17.0 Å². The largest absolute Gasteiger partial charge is 0.365 e. The molecule has 0 saturated carbocycles. The third-order valence-electron chi connectivity index (χ3n) is 3.35. The van der Waals surface area contributed by atoms with Crippen molar-refractivity contribution in [2.24, 2.45) is 0 Å². The molecule has 1 N–H and O–H groups in total. The third kappa shape index (κ3) is 3.69. The maximum absolute atomic E-state index is 5.98. The quantitative estimate of drug-likeness (QED) is 0.847. The first-order valence-corrected chi connectivity index (χ1v) is 7.88. The highest BCUT2D eigenvalue weighted by atomic mass is 35.5. The Morgan fingerprint density at radius 3 is 2.45 bits per heavy atom. The highest BCUT2D eigenvalue weighted by Gasteiger charge is 2.18. The van der Waals surface area contributed by atoms with Crippen LogP contribution in [0.1, 0.15) is 25.5 Å². The number of rotatable bonds is 7. The summed E-state index contributed by atoms with van der Waals surface area (Å²) >= 11 is 7.10. The molecule has 1 aromatic carbocycles. The SMILES string of the molecule is CCN(CC)C(CNc1nsnc1Cl)c1ccccc1. The van der Waals surface area contributed by atoms with Gasteiger partial charge in [-0.1, -0.05) is 55.8 Å². The summed E-state index contributed by atoms with van der Waals surface area (Å²) in [7, 11) is 0. The minimum absolute atomic E-state index is 0.295. The van der Waals surface area contributed by atoms with Gasteiger partial charge in [-0.2, -0.15) is 8.75 Å². The molecule has 1 atom stereocenters. The average molecular weight is 311 g/mol. The second kappa shape index (κ2) is 7.57. The van der Waals surface area contributed by atoms with Crippen LogP contribution in [0.3, 0.4) is 0 Å². The second-order valence-electron chi connectivity index (χ2n) is 4.43. The maximum Gasteiger partial charge on any atom is 0.186 e. The number of anilines is 1. The summed E-state index contributed by atoms with van der Waals surface area (Å²) in [6.45, 7) is 7.12. The normalized spacial score (nSPS) is 12.6. The molecule has 0 aliphatic heterocycles. The van der Waals surface area contributed by atoms with E-state index < -0.39 is 0 Å². The topological polar surface area (TPSA) is 41.0 Å². The van der Waals surface area contributed by atoms with Gasteiger partial charge in [0.1, 0.15) is 0 Å². The molecule has 0 radical (unpaired) electrons. The molecule has 108 valence electrons. The summed E-state index contributed by atoms with van der Waals surface area (Å²) in [6.07, 6.45) is 0. The monoisotopic (exact) mass is 310 g/mol. The predicted octanol–water partition coefficient (Wildman–Crippen LogP) is 3.69. The highest BCUT2D eigenvalue weighted by molar-refractivity contribution is 6.99. The molecule has 4 nitrogen and oxygen atoms in total. The van der Waals surface area contributed by atoms with Crippen LogP contribution in [0.25, 0.3) is 0 Å². The van der Waals surface area contributed by atoms with Gasteiger partial charge in [0.05, 0.1) is 17.8 Å². The van der Waals surface area contributed by atoms with Crippen LogP contribution in [0.5, 0.6) is 0 Å². The second-order valence-corrected chi connectivity index (χ2v) is 5.32. The number of benzene rings is 1. The number of nitrogens with zero attached hydrogens (tertiary/aromatic N) is 3. The Kier molecular flexibility index (Phi) is 5.76. The molecule has 0 spiro atoms. The molecule has 0 amide bonds. The van der Waals surface area contributed by atoms with Crippen molar-refractivity contribution in [3.63, 3.8) is 0 Å². The zero-order chi connectivity index (χ0) is 14.4. The van der Waals surface area contributed by atoms with E-state index in [1.165, 1.54) is 5.56 Å². The standard InChI is InChI=1S/C14H19ClN4S/c1-3-19(4-2)12(11-8-6-5-7-9-11)10-16-14-13(15)17-20-18-14/h5-9,12H,3-4,10H2,1-2H3,(H,16,18). The van der Waals surface area contributed by atoms with E-state index >= 15 is 0 Å². The Bertz CT molecular complexity index is 513. The third-order valence-corrected chi connectivity index (χ3v) is 4.24. The molecule has 1 aromatic heterocycles. The molecule has 0 aliphatic carbocycles. The van der Waals surface area contributed by atoms with E-state index in [9.17, 15) is 0 Å². The maximum atomic E-state index is 5.98. The van der Waals surface area contributed by atoms with Crippen LogP contribution in [0.2, 0.25) is 5.15 Å². The van der Waals surface area contributed by atoms with Gasteiger partial charge in [-0.15, -0.1) is 0 Å². The number of aromatic nitrogens is 2. The molecule has 0 saturated heterocycles. The first-order chi connectivity index (χ1) is 9.76. The lowest BCUT2D eigenvalue weighted by Crippen LogP contribution is -2.33. The molecule has 2 aromatic rings. The van der Waals surface area contributed by atoms with Crippen molar-refractivity contribution in [3.8, 4) is 0 Å². The van der Waals surface area contributed by atoms with Gasteiger partial charge in [-0.25, -0.2) is 0 Å². The van der Waals surface area contributed by atoms with Crippen LogP contribution in [0, 0.1) is 0 Å². The molecule has 0 aliphatic rings. The molecule has 20 heavy (non-hydrogen) atoms. The lowest BCUT2D eigenvalue weighted by Gasteiger charge is -2.30. The molecule has 1 unspecified atom stereocenters. The van der Waals surface area contributed by atoms with Crippen molar-refractivity contribution in [1.82, 2.24) is 13.6 Å². The van der Waals surface area contributed by atoms with Gasteiger partial charge < -0.3 is 5.32 Å². The van der Waals surface area contributed by atoms with E-state index in [2.05, 4.69) is 57.1 Å². The van der Waals surface area contributed by atoms with Gasteiger partial charge >= 0.3 is 0 Å². The first kappa shape index (κ1) is 15.2. The molecule has 6 heteroatoms. The Labute approximate surface area is 129 Å². The Morgan fingerprint density at radius 1 is 1.20 bits per heavy atom. The first-order valence-electron chi connectivity index (χ1n) is 6.77. The number of nitrogens with one attached hydrogen (secondary N) is 1. The predicted molar refractivity (Wildman–Crippen MR) is 85.5 cm³/mol. The van der Waals surface area contributed by atoms with Crippen molar-refractivity contribution >= 4 is 29.1 Å². The van der Waals surface area contributed by atoms with Gasteiger partial charge in [0.15, 0.2) is 11.0 Å². The molecule has 1 heterocycles. The van der Waals surface area contributed by atoms with Crippen LogP contribution in [0.15, 0.2) is 30.3 Å². The fourth-order valence-electron chi connectivity index (χ4n) is 2.27. The summed E-state index contributed by atoms with van der Waals surface area (Å²) in [5, 5.41) is 3.75. The van der Waals surface area contributed by atoms with E-state index in [0.717, 1.165) is 31.4 Å². The van der Waals surface area contributed by atoms with Crippen LogP contribution in [-0.4, -0.2) is 33.3 Å². The van der Waals surface area contributed by atoms with Crippen LogP contribution in [-0.2, 0) is 0 Å². The van der Waals surface area contributed by atoms with Crippen LogP contribution >= 0.6 is 23.3 Å². The van der Waals surface area contributed by atoms with Crippen molar-refractivity contribution in [2.45, 2.75) is 19.9 Å². The summed E-state index contributed by atoms with van der Waals surface area (Å²) in [4.78, 5) is 2.41. The van der Waals surface area contributed by atoms with Crippen molar-refractivity contribution in [1.29, 1.82) is 0 Å². The Balaban J connectivity index is 2.13. The fourth-order valence-corrected chi connectivity index (χ4v) is 2.96. The van der Waals surface area contributed by atoms with E-state index in [-0.39, 0.29) is 0 Å². The summed E-state index contributed by atoms with van der Waals surface area (Å²) in [5.74, 6) is 0.671. The molecule has 2 rings (SSSR count). The van der Waals surface area contributed by atoms with Gasteiger partial charge in [-0.05, 0) is 18.7 Å². The van der Waals surface area contributed by atoms with Crippen LogP contribution < -0.4 is 5.32 Å². The smallest absolute Gasteiger partial charge is 0.186 e. The summed E-state index contributed by atoms with van der Waals surface area (Å²) in [6, 6.07) is 10.8. The van der Waals surface area contributed by atoms with Crippen molar-refractivity contribution in [2.75, 3.05) is 25.0 Å². The fraction of sp³-hybridized carbons (Fsp3) is 0.429. The highest BCUT2D eigenvalue weighted by Crippen LogP contribution is 2.23. The molecule has 0 bridgehead atoms. The number of hydrogen-bond acceptors (Lipinski definition) is 5. The lowest BCUT2D eigenvalue weighted by atomic mass is 10.1. The van der Waals surface area contributed by atoms with Crippen LogP contribution in [0.4, 0.5) is 5.82 Å². The summed E-state index contributed by atoms with van der Waals surface area (Å²) in [5.41, 5.74) is 1.29. The van der Waals surface area contributed by atoms with E-state index in [1.54, 1.807) is 0 Å². The van der Waals surface area contributed by atoms with Gasteiger partial charge in [0.2, 0.25) is 0 Å². The average Bonchev–Trinajstić information content (AvgIpc) is 2.90. The zero-order valence-corrected chi connectivity index (χ0v) is 13.3.